The number of benzene rings is 1. The van der Waals surface area contributed by atoms with Crippen LogP contribution in [0, 0.1) is 5.82 Å². The Balaban J connectivity index is 2.64. The molecule has 0 saturated heterocycles. The molecule has 0 amide bonds. The van der Waals surface area contributed by atoms with Crippen LogP contribution in [0.5, 0.6) is 0 Å². The maximum Gasteiger partial charge on any atom is 0.163 e. The third-order valence-electron chi connectivity index (χ3n) is 1.98. The second kappa shape index (κ2) is 4.48. The van der Waals surface area contributed by atoms with Crippen molar-refractivity contribution in [2.75, 3.05) is 0 Å². The Hall–Kier alpha value is -0.980. The second-order valence-corrected chi connectivity index (χ2v) is 4.25. The second-order valence-electron chi connectivity index (χ2n) is 2.99. The molecule has 0 radical (unpaired) electrons. The van der Waals surface area contributed by atoms with Crippen LogP contribution in [-0.2, 0) is 6.61 Å². The molecule has 1 aromatic heterocycles. The lowest BCUT2D eigenvalue weighted by molar-refractivity contribution is 0.269. The van der Waals surface area contributed by atoms with Gasteiger partial charge in [-0.05, 0) is 28.1 Å². The van der Waals surface area contributed by atoms with E-state index in [4.69, 9.17) is 16.7 Å². The fourth-order valence-corrected chi connectivity index (χ4v) is 2.35. The van der Waals surface area contributed by atoms with Crippen molar-refractivity contribution in [2.45, 2.75) is 6.61 Å². The zero-order valence-corrected chi connectivity index (χ0v) is 10.2. The van der Waals surface area contributed by atoms with E-state index in [9.17, 15) is 4.39 Å². The molecule has 16 heavy (non-hydrogen) atoms. The van der Waals surface area contributed by atoms with Gasteiger partial charge >= 0.3 is 0 Å². The number of rotatable bonds is 2. The van der Waals surface area contributed by atoms with Crippen LogP contribution in [0.3, 0.4) is 0 Å². The molecule has 0 aliphatic heterocycles. The summed E-state index contributed by atoms with van der Waals surface area (Å²) in [5.41, 5.74) is 0.497. The molecule has 2 aromatic rings. The molecule has 0 spiro atoms. The Morgan fingerprint density at radius 2 is 2.25 bits per heavy atom. The van der Waals surface area contributed by atoms with Crippen molar-refractivity contribution in [2.24, 2.45) is 0 Å². The van der Waals surface area contributed by atoms with E-state index in [0.29, 0.717) is 16.0 Å². The predicted molar refractivity (Wildman–Crippen MR) is 59.9 cm³/mol. The molecule has 84 valence electrons. The molecule has 2 rings (SSSR count). The number of hydrogen-bond acceptors (Lipinski definition) is 3. The molecule has 0 saturated carbocycles. The largest absolute Gasteiger partial charge is 0.388 e. The van der Waals surface area contributed by atoms with Crippen LogP contribution in [0.2, 0.25) is 5.02 Å². The molecular formula is C9H6BrClFN3O. The summed E-state index contributed by atoms with van der Waals surface area (Å²) >= 11 is 9.13. The summed E-state index contributed by atoms with van der Waals surface area (Å²) in [5.74, 6) is -0.117. The Kier molecular flexibility index (Phi) is 3.22. The van der Waals surface area contributed by atoms with Gasteiger partial charge in [0.25, 0.3) is 0 Å². The van der Waals surface area contributed by atoms with Gasteiger partial charge in [0.2, 0.25) is 0 Å². The van der Waals surface area contributed by atoms with Crippen LogP contribution >= 0.6 is 27.5 Å². The first-order valence-electron chi connectivity index (χ1n) is 4.28. The van der Waals surface area contributed by atoms with Crippen molar-refractivity contribution in [1.82, 2.24) is 14.8 Å². The van der Waals surface area contributed by atoms with E-state index >= 15 is 0 Å². The van der Waals surface area contributed by atoms with Gasteiger partial charge in [-0.25, -0.2) is 4.39 Å². The Morgan fingerprint density at radius 3 is 2.88 bits per heavy atom. The van der Waals surface area contributed by atoms with Crippen LogP contribution in [0.4, 0.5) is 4.39 Å². The molecule has 1 N–H and O–H groups in total. The predicted octanol–water partition coefficient (Wildman–Crippen LogP) is 2.31. The molecule has 0 aliphatic carbocycles. The lowest BCUT2D eigenvalue weighted by Gasteiger charge is -2.09. The first kappa shape index (κ1) is 11.5. The highest BCUT2D eigenvalue weighted by atomic mass is 79.9. The summed E-state index contributed by atoms with van der Waals surface area (Å²) in [6.07, 6.45) is 1.40. The minimum atomic E-state index is -0.445. The fraction of sp³-hybridized carbons (Fsp3) is 0.111. The smallest absolute Gasteiger partial charge is 0.163 e. The van der Waals surface area contributed by atoms with Crippen molar-refractivity contribution in [3.05, 3.63) is 39.6 Å². The van der Waals surface area contributed by atoms with Gasteiger partial charge in [0.05, 0.1) is 10.7 Å². The maximum absolute atomic E-state index is 13.0. The van der Waals surface area contributed by atoms with Gasteiger partial charge in [0.15, 0.2) is 5.82 Å². The third kappa shape index (κ3) is 1.95. The summed E-state index contributed by atoms with van der Waals surface area (Å²) in [4.78, 5) is 0. The van der Waals surface area contributed by atoms with Gasteiger partial charge in [0, 0.05) is 4.47 Å². The third-order valence-corrected chi connectivity index (χ3v) is 2.87. The van der Waals surface area contributed by atoms with E-state index in [-0.39, 0.29) is 11.6 Å². The number of aromatic nitrogens is 3. The summed E-state index contributed by atoms with van der Waals surface area (Å²) in [6, 6.07) is 2.46. The normalized spacial score (nSPS) is 10.8. The quantitative estimate of drug-likeness (QED) is 0.926. The van der Waals surface area contributed by atoms with Crippen molar-refractivity contribution in [1.29, 1.82) is 0 Å². The molecule has 0 unspecified atom stereocenters. The van der Waals surface area contributed by atoms with Crippen LogP contribution in [0.1, 0.15) is 5.82 Å². The highest BCUT2D eigenvalue weighted by Gasteiger charge is 2.13. The van der Waals surface area contributed by atoms with E-state index in [0.717, 1.165) is 0 Å². The molecule has 1 heterocycles. The number of nitrogens with zero attached hydrogens (tertiary/aromatic N) is 3. The average molecular weight is 307 g/mol. The molecule has 7 heteroatoms. The van der Waals surface area contributed by atoms with Gasteiger partial charge in [-0.1, -0.05) is 11.6 Å². The molecule has 0 fully saturated rings. The van der Waals surface area contributed by atoms with Gasteiger partial charge in [-0.15, -0.1) is 10.2 Å². The zero-order chi connectivity index (χ0) is 11.7. The zero-order valence-electron chi connectivity index (χ0n) is 7.86. The first-order chi connectivity index (χ1) is 7.63. The van der Waals surface area contributed by atoms with Crippen molar-refractivity contribution in [3.8, 4) is 5.69 Å². The Morgan fingerprint density at radius 1 is 1.50 bits per heavy atom. The van der Waals surface area contributed by atoms with E-state index in [2.05, 4.69) is 26.1 Å². The lowest BCUT2D eigenvalue weighted by Crippen LogP contribution is -2.02. The van der Waals surface area contributed by atoms with Crippen molar-refractivity contribution >= 4 is 27.5 Å². The molecule has 0 bridgehead atoms. The van der Waals surface area contributed by atoms with Gasteiger partial charge in [0.1, 0.15) is 18.8 Å². The van der Waals surface area contributed by atoms with Gasteiger partial charge in [-0.2, -0.15) is 0 Å². The van der Waals surface area contributed by atoms with Gasteiger partial charge < -0.3 is 5.11 Å². The number of hydrogen-bond donors (Lipinski definition) is 1. The monoisotopic (exact) mass is 305 g/mol. The van der Waals surface area contributed by atoms with E-state index < -0.39 is 5.82 Å². The minimum Gasteiger partial charge on any atom is -0.388 e. The average Bonchev–Trinajstić information content (AvgIpc) is 2.64. The van der Waals surface area contributed by atoms with E-state index in [1.54, 1.807) is 0 Å². The number of aliphatic hydroxyl groups is 1. The minimum absolute atomic E-state index is 0.210. The molecule has 0 atom stereocenters. The van der Waals surface area contributed by atoms with E-state index in [1.165, 1.54) is 23.0 Å². The topological polar surface area (TPSA) is 50.9 Å². The summed E-state index contributed by atoms with van der Waals surface area (Å²) in [5, 5.41) is 16.6. The van der Waals surface area contributed by atoms with Crippen LogP contribution in [-0.4, -0.2) is 19.9 Å². The summed E-state index contributed by atoms with van der Waals surface area (Å²) in [7, 11) is 0. The van der Waals surface area contributed by atoms with Gasteiger partial charge in [-0.3, -0.25) is 4.57 Å². The SMILES string of the molecule is OCc1nncn1-c1c(Cl)cc(F)cc1Br. The van der Waals surface area contributed by atoms with E-state index in [1.807, 2.05) is 0 Å². The highest BCUT2D eigenvalue weighted by molar-refractivity contribution is 9.10. The highest BCUT2D eigenvalue weighted by Crippen LogP contribution is 2.30. The fourth-order valence-electron chi connectivity index (χ4n) is 1.32. The van der Waals surface area contributed by atoms with Crippen molar-refractivity contribution in [3.63, 3.8) is 0 Å². The first-order valence-corrected chi connectivity index (χ1v) is 5.45. The van der Waals surface area contributed by atoms with Crippen molar-refractivity contribution < 1.29 is 9.50 Å². The lowest BCUT2D eigenvalue weighted by atomic mass is 10.3. The van der Waals surface area contributed by atoms with Crippen LogP contribution in [0.15, 0.2) is 22.9 Å². The summed E-state index contributed by atoms with van der Waals surface area (Å²) in [6.45, 7) is -0.278. The number of halogens is 3. The standard InChI is InChI=1S/C9H6BrClFN3O/c10-6-1-5(12)2-7(11)9(6)15-4-13-14-8(15)3-16/h1-2,4,16H,3H2. The van der Waals surface area contributed by atoms with Crippen LogP contribution < -0.4 is 0 Å². The molecule has 1 aromatic carbocycles. The molecular weight excluding hydrogens is 300 g/mol. The Labute approximate surface area is 104 Å². The van der Waals surface area contributed by atoms with Crippen LogP contribution in [0.25, 0.3) is 5.69 Å². The maximum atomic E-state index is 13.0. The molecule has 0 aliphatic rings. The Bertz CT molecular complexity index is 508. The summed E-state index contributed by atoms with van der Waals surface area (Å²) < 4.78 is 15.0. The molecule has 4 nitrogen and oxygen atoms in total. The number of aliphatic hydroxyl groups excluding tert-OH is 1.